The number of amidine groups is 1. The van der Waals surface area contributed by atoms with Crippen molar-refractivity contribution in [1.82, 2.24) is 5.32 Å². The number of fused-ring (bicyclic) bond motifs is 8. The molecular weight excluding hydrogens is 453 g/mol. The van der Waals surface area contributed by atoms with E-state index in [0.29, 0.717) is 17.7 Å². The third-order valence-electron chi connectivity index (χ3n) is 7.05. The minimum absolute atomic E-state index is 0.0156. The van der Waals surface area contributed by atoms with E-state index in [4.69, 9.17) is 15.9 Å². The Hall–Kier alpha value is -4.29. The second-order valence-electron chi connectivity index (χ2n) is 9.34. The fourth-order valence-electron chi connectivity index (χ4n) is 5.23. The van der Waals surface area contributed by atoms with E-state index in [1.165, 1.54) is 17.7 Å². The third kappa shape index (κ3) is 3.67. The lowest BCUT2D eigenvalue weighted by atomic mass is 9.81. The molecule has 0 saturated heterocycles. The maximum Gasteiger partial charge on any atom is 0.251 e. The van der Waals surface area contributed by atoms with E-state index in [0.717, 1.165) is 38.9 Å². The highest BCUT2D eigenvalue weighted by Crippen LogP contribution is 2.55. The number of hydrogen-bond acceptors (Lipinski definition) is 3. The number of nitrogens with one attached hydrogen (secondary N) is 2. The van der Waals surface area contributed by atoms with Gasteiger partial charge < -0.3 is 15.8 Å². The Morgan fingerprint density at radius 1 is 0.889 bits per heavy atom. The van der Waals surface area contributed by atoms with Crippen molar-refractivity contribution >= 4 is 11.7 Å². The number of amides is 1. The van der Waals surface area contributed by atoms with E-state index in [-0.39, 0.29) is 29.8 Å². The molecule has 4 aromatic carbocycles. The first-order valence-electron chi connectivity index (χ1n) is 11.8. The number of hydrogen-bond donors (Lipinski definition) is 3. The predicted octanol–water partition coefficient (Wildman–Crippen LogP) is 5.54. The van der Waals surface area contributed by atoms with Gasteiger partial charge >= 0.3 is 0 Å². The van der Waals surface area contributed by atoms with Crippen LogP contribution < -0.4 is 11.1 Å². The van der Waals surface area contributed by atoms with Gasteiger partial charge in [-0.2, -0.15) is 0 Å². The zero-order valence-corrected chi connectivity index (χ0v) is 19.6. The summed E-state index contributed by atoms with van der Waals surface area (Å²) in [5, 5.41) is 10.5. The standard InChI is InChI=1S/C30H24FN3O2/c1-16-12-21(18-6-9-22(31)10-7-18)14-25-26(16)28-23-11-8-20(13-24(23)27(25)36-28)30(35)34-15-17-2-4-19(5-3-17)29(32)33/h2-14,27-28H,15H2,1H3,(H3,32,33)(H,34,35). The molecule has 178 valence electrons. The van der Waals surface area contributed by atoms with Crippen molar-refractivity contribution in [3.05, 3.63) is 129 Å². The number of carbonyl (C=O) groups excluding carboxylic acids is 1. The van der Waals surface area contributed by atoms with Crippen LogP contribution in [0.3, 0.4) is 0 Å². The van der Waals surface area contributed by atoms with Gasteiger partial charge in [0.25, 0.3) is 5.91 Å². The Balaban J connectivity index is 1.25. The summed E-state index contributed by atoms with van der Waals surface area (Å²) in [6.07, 6.45) is -0.370. The molecule has 2 unspecified atom stereocenters. The van der Waals surface area contributed by atoms with E-state index >= 15 is 0 Å². The number of benzene rings is 4. The first-order chi connectivity index (χ1) is 17.4. The summed E-state index contributed by atoms with van der Waals surface area (Å²) in [7, 11) is 0. The number of carbonyl (C=O) groups is 1. The lowest BCUT2D eigenvalue weighted by molar-refractivity contribution is 0.0855. The topological polar surface area (TPSA) is 88.2 Å². The molecule has 2 atom stereocenters. The molecule has 4 N–H and O–H groups in total. The van der Waals surface area contributed by atoms with Gasteiger partial charge in [0, 0.05) is 17.7 Å². The molecule has 0 spiro atoms. The summed E-state index contributed by atoms with van der Waals surface area (Å²) in [6, 6.07) is 23.8. The van der Waals surface area contributed by atoms with Gasteiger partial charge in [-0.3, -0.25) is 10.2 Å². The largest absolute Gasteiger partial charge is 0.384 e. The maximum atomic E-state index is 13.4. The van der Waals surface area contributed by atoms with Crippen LogP contribution in [-0.2, 0) is 11.3 Å². The average molecular weight is 478 g/mol. The van der Waals surface area contributed by atoms with Gasteiger partial charge in [-0.15, -0.1) is 0 Å². The molecule has 5 nitrogen and oxygen atoms in total. The summed E-state index contributed by atoms with van der Waals surface area (Å²) in [4.78, 5) is 12.9. The van der Waals surface area contributed by atoms with Crippen molar-refractivity contribution in [3.63, 3.8) is 0 Å². The van der Waals surface area contributed by atoms with Gasteiger partial charge in [0.1, 0.15) is 23.9 Å². The third-order valence-corrected chi connectivity index (χ3v) is 7.05. The van der Waals surface area contributed by atoms with E-state index in [1.54, 1.807) is 24.3 Å². The minimum atomic E-state index is -0.258. The van der Waals surface area contributed by atoms with Crippen molar-refractivity contribution in [3.8, 4) is 11.1 Å². The molecule has 2 bridgehead atoms. The molecule has 2 heterocycles. The van der Waals surface area contributed by atoms with Gasteiger partial charge in [0.2, 0.25) is 0 Å². The fraction of sp³-hybridized carbons (Fsp3) is 0.133. The molecule has 2 aliphatic rings. The van der Waals surface area contributed by atoms with Crippen LogP contribution in [0.15, 0.2) is 78.9 Å². The molecule has 0 radical (unpaired) electrons. The van der Waals surface area contributed by atoms with Crippen LogP contribution in [0, 0.1) is 18.2 Å². The van der Waals surface area contributed by atoms with Gasteiger partial charge in [0.15, 0.2) is 0 Å². The highest BCUT2D eigenvalue weighted by Gasteiger charge is 2.44. The van der Waals surface area contributed by atoms with Gasteiger partial charge in [-0.05, 0) is 81.8 Å². The summed E-state index contributed by atoms with van der Waals surface area (Å²) < 4.78 is 19.8. The second-order valence-corrected chi connectivity index (χ2v) is 9.34. The highest BCUT2D eigenvalue weighted by atomic mass is 19.1. The number of halogens is 1. The summed E-state index contributed by atoms with van der Waals surface area (Å²) in [5.41, 5.74) is 15.2. The number of rotatable bonds is 5. The first kappa shape index (κ1) is 22.2. The molecule has 1 amide bonds. The predicted molar refractivity (Wildman–Crippen MR) is 136 cm³/mol. The molecule has 0 aromatic heterocycles. The van der Waals surface area contributed by atoms with Gasteiger partial charge in [-0.1, -0.05) is 48.5 Å². The van der Waals surface area contributed by atoms with Crippen LogP contribution in [-0.4, -0.2) is 11.7 Å². The average Bonchev–Trinajstić information content (AvgIpc) is 3.45. The summed E-state index contributed by atoms with van der Waals surface area (Å²) in [6.45, 7) is 2.46. The maximum absolute atomic E-state index is 13.4. The lowest BCUT2D eigenvalue weighted by Crippen LogP contribution is -2.23. The van der Waals surface area contributed by atoms with Crippen LogP contribution in [0.1, 0.15) is 61.5 Å². The monoisotopic (exact) mass is 477 g/mol. The Morgan fingerprint density at radius 3 is 2.33 bits per heavy atom. The van der Waals surface area contributed by atoms with E-state index in [2.05, 4.69) is 24.4 Å². The van der Waals surface area contributed by atoms with Crippen molar-refractivity contribution in [2.45, 2.75) is 25.7 Å². The van der Waals surface area contributed by atoms with E-state index < -0.39 is 0 Å². The normalized spacial score (nSPS) is 16.9. The summed E-state index contributed by atoms with van der Waals surface area (Å²) >= 11 is 0. The van der Waals surface area contributed by atoms with E-state index in [1.807, 2.05) is 30.3 Å². The Labute approximate surface area is 208 Å². The van der Waals surface area contributed by atoms with Gasteiger partial charge in [-0.25, -0.2) is 4.39 Å². The Morgan fingerprint density at radius 2 is 1.61 bits per heavy atom. The SMILES string of the molecule is Cc1cc(-c2ccc(F)cc2)cc2c1C1OC2c2cc(C(=O)NCc3ccc(C(=N)N)cc3)ccc21. The van der Waals surface area contributed by atoms with Crippen molar-refractivity contribution in [1.29, 1.82) is 5.41 Å². The zero-order chi connectivity index (χ0) is 25.0. The molecule has 0 aliphatic carbocycles. The minimum Gasteiger partial charge on any atom is -0.384 e. The number of aryl methyl sites for hydroxylation is 1. The molecule has 36 heavy (non-hydrogen) atoms. The molecule has 0 saturated carbocycles. The zero-order valence-electron chi connectivity index (χ0n) is 19.6. The second kappa shape index (κ2) is 8.43. The van der Waals surface area contributed by atoms with Crippen LogP contribution in [0.5, 0.6) is 0 Å². The highest BCUT2D eigenvalue weighted by molar-refractivity contribution is 5.95. The molecular formula is C30H24FN3O2. The smallest absolute Gasteiger partial charge is 0.251 e. The number of nitrogens with two attached hydrogens (primary N) is 1. The Bertz CT molecular complexity index is 1530. The molecule has 4 aromatic rings. The molecule has 2 aliphatic heterocycles. The molecule has 0 fully saturated rings. The number of ether oxygens (including phenoxy) is 1. The molecule has 6 rings (SSSR count). The fourth-order valence-corrected chi connectivity index (χ4v) is 5.23. The first-order valence-corrected chi connectivity index (χ1v) is 11.8. The van der Waals surface area contributed by atoms with Crippen LogP contribution >= 0.6 is 0 Å². The quantitative estimate of drug-likeness (QED) is 0.261. The van der Waals surface area contributed by atoms with Crippen molar-refractivity contribution in [2.75, 3.05) is 0 Å². The summed E-state index contributed by atoms with van der Waals surface area (Å²) in [5.74, 6) is -0.402. The van der Waals surface area contributed by atoms with Crippen molar-refractivity contribution < 1.29 is 13.9 Å². The van der Waals surface area contributed by atoms with Crippen LogP contribution in [0.4, 0.5) is 4.39 Å². The lowest BCUT2D eigenvalue weighted by Gasteiger charge is -2.20. The van der Waals surface area contributed by atoms with E-state index in [9.17, 15) is 9.18 Å². The van der Waals surface area contributed by atoms with Gasteiger partial charge in [0.05, 0.1) is 0 Å². The van der Waals surface area contributed by atoms with Crippen molar-refractivity contribution in [2.24, 2.45) is 5.73 Å². The Kier molecular flexibility index (Phi) is 5.20. The number of nitrogen functional groups attached to an aromatic ring is 1. The van der Waals surface area contributed by atoms with Crippen LogP contribution in [0.2, 0.25) is 0 Å². The molecule has 6 heteroatoms. The van der Waals surface area contributed by atoms with Crippen LogP contribution in [0.25, 0.3) is 11.1 Å².